The number of nitrogens with zero attached hydrogens (tertiary/aromatic N) is 1. The van der Waals surface area contributed by atoms with E-state index >= 15 is 0 Å². The third-order valence-corrected chi connectivity index (χ3v) is 2.91. The Morgan fingerprint density at radius 3 is 2.72 bits per heavy atom. The molecule has 0 aliphatic carbocycles. The normalized spacial score (nSPS) is 27.6. The Labute approximate surface area is 107 Å². The molecular formula is C12H23NO5. The maximum atomic E-state index is 11.4. The average molecular weight is 261 g/mol. The number of aliphatic hydroxyl groups excluding tert-OH is 1. The number of esters is 1. The third kappa shape index (κ3) is 3.91. The van der Waals surface area contributed by atoms with Gasteiger partial charge in [-0.05, 0) is 20.8 Å². The summed E-state index contributed by atoms with van der Waals surface area (Å²) in [4.78, 5) is 13.3. The molecule has 0 spiro atoms. The summed E-state index contributed by atoms with van der Waals surface area (Å²) in [5.41, 5.74) is -1.97. The summed E-state index contributed by atoms with van der Waals surface area (Å²) in [6.07, 6.45) is -0.304. The van der Waals surface area contributed by atoms with E-state index in [0.29, 0.717) is 13.1 Å². The zero-order chi connectivity index (χ0) is 14.0. The monoisotopic (exact) mass is 261 g/mol. The molecule has 0 aromatic heterocycles. The standard InChI is InChI=1S/C12H23NO5/c1-11(2)7-13(5-9(6-14)18-11)8-12(3,16)10(15)17-4/h9,14,16H,5-8H2,1-4H3. The summed E-state index contributed by atoms with van der Waals surface area (Å²) >= 11 is 0. The minimum atomic E-state index is -1.55. The van der Waals surface area contributed by atoms with Crippen LogP contribution in [0.25, 0.3) is 0 Å². The van der Waals surface area contributed by atoms with Crippen LogP contribution in [0.2, 0.25) is 0 Å². The Kier molecular flexibility index (Phi) is 4.72. The molecule has 2 N–H and O–H groups in total. The van der Waals surface area contributed by atoms with Crippen molar-refractivity contribution in [2.24, 2.45) is 0 Å². The molecule has 1 aliphatic heterocycles. The largest absolute Gasteiger partial charge is 0.467 e. The lowest BCUT2D eigenvalue weighted by Crippen LogP contribution is -2.58. The lowest BCUT2D eigenvalue weighted by Gasteiger charge is -2.43. The zero-order valence-electron chi connectivity index (χ0n) is 11.5. The van der Waals surface area contributed by atoms with Crippen molar-refractivity contribution in [3.63, 3.8) is 0 Å². The van der Waals surface area contributed by atoms with Crippen molar-refractivity contribution >= 4 is 5.97 Å². The van der Waals surface area contributed by atoms with Gasteiger partial charge in [0, 0.05) is 19.6 Å². The zero-order valence-corrected chi connectivity index (χ0v) is 11.5. The van der Waals surface area contributed by atoms with Crippen LogP contribution in [0.4, 0.5) is 0 Å². The fraction of sp³-hybridized carbons (Fsp3) is 0.917. The molecule has 0 aromatic carbocycles. The second kappa shape index (κ2) is 5.52. The van der Waals surface area contributed by atoms with E-state index in [1.54, 1.807) is 0 Å². The van der Waals surface area contributed by atoms with Crippen LogP contribution in [0.1, 0.15) is 20.8 Å². The van der Waals surface area contributed by atoms with E-state index in [2.05, 4.69) is 4.74 Å². The highest BCUT2D eigenvalue weighted by Gasteiger charge is 2.39. The van der Waals surface area contributed by atoms with Crippen LogP contribution in [-0.4, -0.2) is 71.7 Å². The van der Waals surface area contributed by atoms with E-state index in [4.69, 9.17) is 4.74 Å². The number of methoxy groups -OCH3 is 1. The molecule has 2 atom stereocenters. The molecule has 1 heterocycles. The van der Waals surface area contributed by atoms with Crippen molar-refractivity contribution in [1.82, 2.24) is 4.90 Å². The quantitative estimate of drug-likeness (QED) is 0.657. The average Bonchev–Trinajstić information content (AvgIpc) is 2.24. The van der Waals surface area contributed by atoms with E-state index in [0.717, 1.165) is 0 Å². The molecule has 1 aliphatic rings. The molecule has 1 fully saturated rings. The Balaban J connectivity index is 2.69. The van der Waals surface area contributed by atoms with Crippen LogP contribution in [0.3, 0.4) is 0 Å². The van der Waals surface area contributed by atoms with Crippen LogP contribution in [0, 0.1) is 0 Å². The van der Waals surface area contributed by atoms with E-state index in [1.807, 2.05) is 18.7 Å². The Hall–Kier alpha value is -0.690. The van der Waals surface area contributed by atoms with Gasteiger partial charge < -0.3 is 19.7 Å². The topological polar surface area (TPSA) is 79.2 Å². The van der Waals surface area contributed by atoms with Crippen molar-refractivity contribution in [1.29, 1.82) is 0 Å². The number of ether oxygens (including phenoxy) is 2. The maximum absolute atomic E-state index is 11.4. The lowest BCUT2D eigenvalue weighted by molar-refractivity contribution is -0.175. The van der Waals surface area contributed by atoms with E-state index in [1.165, 1.54) is 14.0 Å². The van der Waals surface area contributed by atoms with Crippen LogP contribution >= 0.6 is 0 Å². The van der Waals surface area contributed by atoms with Crippen LogP contribution in [0.5, 0.6) is 0 Å². The van der Waals surface area contributed by atoms with Crippen LogP contribution in [0.15, 0.2) is 0 Å². The fourth-order valence-corrected chi connectivity index (χ4v) is 2.35. The number of morpholine rings is 1. The van der Waals surface area contributed by atoms with Crippen molar-refractivity contribution in [3.05, 3.63) is 0 Å². The number of hydrogen-bond acceptors (Lipinski definition) is 6. The maximum Gasteiger partial charge on any atom is 0.338 e. The number of rotatable bonds is 4. The first-order valence-electron chi connectivity index (χ1n) is 6.02. The van der Waals surface area contributed by atoms with Crippen LogP contribution in [-0.2, 0) is 14.3 Å². The van der Waals surface area contributed by atoms with Gasteiger partial charge in [0.05, 0.1) is 25.4 Å². The molecule has 2 unspecified atom stereocenters. The van der Waals surface area contributed by atoms with Gasteiger partial charge in [-0.1, -0.05) is 0 Å². The number of carbonyl (C=O) groups excluding carboxylic acids is 1. The summed E-state index contributed by atoms with van der Waals surface area (Å²) in [6.45, 7) is 6.38. The van der Waals surface area contributed by atoms with E-state index in [9.17, 15) is 15.0 Å². The van der Waals surface area contributed by atoms with Gasteiger partial charge in [0.1, 0.15) is 0 Å². The van der Waals surface area contributed by atoms with Gasteiger partial charge in [0.2, 0.25) is 0 Å². The highest BCUT2D eigenvalue weighted by Crippen LogP contribution is 2.22. The first-order valence-corrected chi connectivity index (χ1v) is 6.02. The molecular weight excluding hydrogens is 238 g/mol. The molecule has 0 aromatic rings. The first-order chi connectivity index (χ1) is 8.20. The van der Waals surface area contributed by atoms with E-state index < -0.39 is 17.2 Å². The summed E-state index contributed by atoms with van der Waals surface area (Å²) in [5.74, 6) is -0.660. The Morgan fingerprint density at radius 1 is 1.61 bits per heavy atom. The van der Waals surface area contributed by atoms with Gasteiger partial charge in [-0.2, -0.15) is 0 Å². The molecule has 6 heteroatoms. The van der Waals surface area contributed by atoms with Gasteiger partial charge >= 0.3 is 5.97 Å². The van der Waals surface area contributed by atoms with Crippen molar-refractivity contribution in [3.8, 4) is 0 Å². The molecule has 0 radical (unpaired) electrons. The van der Waals surface area contributed by atoms with Crippen molar-refractivity contribution < 1.29 is 24.5 Å². The van der Waals surface area contributed by atoms with Crippen LogP contribution < -0.4 is 0 Å². The Bertz CT molecular complexity index is 303. The first kappa shape index (κ1) is 15.4. The molecule has 0 amide bonds. The molecule has 0 bridgehead atoms. The summed E-state index contributed by atoms with van der Waals surface area (Å²) in [5, 5.41) is 19.2. The SMILES string of the molecule is COC(=O)C(C)(O)CN1CC(CO)OC(C)(C)C1. The van der Waals surface area contributed by atoms with Crippen molar-refractivity contribution in [2.45, 2.75) is 38.1 Å². The molecule has 1 rings (SSSR count). The number of hydrogen-bond donors (Lipinski definition) is 2. The highest BCUT2D eigenvalue weighted by atomic mass is 16.5. The second-order valence-electron chi connectivity index (χ2n) is 5.62. The summed E-state index contributed by atoms with van der Waals surface area (Å²) in [6, 6.07) is 0. The predicted octanol–water partition coefficient (Wildman–Crippen LogP) is -0.618. The number of β-amino-alcohol motifs (C(OH)–C–C–N with tert-alkyl or cyclic N) is 1. The molecule has 0 saturated carbocycles. The number of aliphatic hydroxyl groups is 2. The summed E-state index contributed by atoms with van der Waals surface area (Å²) in [7, 11) is 1.25. The predicted molar refractivity (Wildman–Crippen MR) is 65.1 cm³/mol. The Morgan fingerprint density at radius 2 is 2.22 bits per heavy atom. The smallest absolute Gasteiger partial charge is 0.338 e. The van der Waals surface area contributed by atoms with Gasteiger partial charge in [0.15, 0.2) is 5.60 Å². The van der Waals surface area contributed by atoms with E-state index in [-0.39, 0.29) is 19.3 Å². The van der Waals surface area contributed by atoms with Gasteiger partial charge in [-0.25, -0.2) is 4.79 Å². The lowest BCUT2D eigenvalue weighted by atomic mass is 10.0. The molecule has 1 saturated heterocycles. The van der Waals surface area contributed by atoms with Gasteiger partial charge in [-0.3, -0.25) is 4.90 Å². The minimum Gasteiger partial charge on any atom is -0.467 e. The fourth-order valence-electron chi connectivity index (χ4n) is 2.35. The summed E-state index contributed by atoms with van der Waals surface area (Å²) < 4.78 is 10.2. The second-order valence-corrected chi connectivity index (χ2v) is 5.62. The molecule has 18 heavy (non-hydrogen) atoms. The van der Waals surface area contributed by atoms with Gasteiger partial charge in [-0.15, -0.1) is 0 Å². The number of carbonyl (C=O) groups is 1. The highest BCUT2D eigenvalue weighted by molar-refractivity contribution is 5.78. The third-order valence-electron chi connectivity index (χ3n) is 2.91. The van der Waals surface area contributed by atoms with Gasteiger partial charge in [0.25, 0.3) is 0 Å². The molecule has 6 nitrogen and oxygen atoms in total. The molecule has 106 valence electrons. The minimum absolute atomic E-state index is 0.0830. The van der Waals surface area contributed by atoms with Crippen molar-refractivity contribution in [2.75, 3.05) is 33.4 Å².